The third kappa shape index (κ3) is 53.8. The number of esters is 3. The number of unbranched alkanes of at least 4 members (excludes halogenated alkanes) is 32. The Labute approximate surface area is 421 Å². The van der Waals surface area contributed by atoms with Gasteiger partial charge in [0.1, 0.15) is 13.2 Å². The van der Waals surface area contributed by atoms with Gasteiger partial charge in [-0.3, -0.25) is 14.4 Å². The largest absolute Gasteiger partial charge is 0.462 e. The Kier molecular flexibility index (Phi) is 53.8. The molecule has 1 unspecified atom stereocenters. The molecule has 0 aliphatic carbocycles. The molecule has 0 N–H and O–H groups in total. The highest BCUT2D eigenvalue weighted by Gasteiger charge is 2.19. The Morgan fingerprint density at radius 1 is 0.294 bits per heavy atom. The van der Waals surface area contributed by atoms with Gasteiger partial charge < -0.3 is 14.2 Å². The van der Waals surface area contributed by atoms with Gasteiger partial charge in [0.15, 0.2) is 6.10 Å². The Balaban J connectivity index is 4.49. The van der Waals surface area contributed by atoms with E-state index in [1.165, 1.54) is 141 Å². The molecular formula is C62H108O6. The summed E-state index contributed by atoms with van der Waals surface area (Å²) in [6.07, 6.45) is 71.8. The lowest BCUT2D eigenvalue weighted by Gasteiger charge is -2.18. The Morgan fingerprint density at radius 3 is 0.794 bits per heavy atom. The van der Waals surface area contributed by atoms with Gasteiger partial charge in [0.2, 0.25) is 0 Å². The van der Waals surface area contributed by atoms with Crippen LogP contribution in [0.4, 0.5) is 0 Å². The zero-order valence-corrected chi connectivity index (χ0v) is 44.9. The second-order valence-corrected chi connectivity index (χ2v) is 19.3. The zero-order valence-electron chi connectivity index (χ0n) is 44.9. The van der Waals surface area contributed by atoms with Crippen molar-refractivity contribution in [3.63, 3.8) is 0 Å². The van der Waals surface area contributed by atoms with E-state index in [1.807, 2.05) is 0 Å². The molecule has 0 saturated carbocycles. The van der Waals surface area contributed by atoms with E-state index in [1.54, 1.807) is 0 Å². The summed E-state index contributed by atoms with van der Waals surface area (Å²) in [5, 5.41) is 0. The van der Waals surface area contributed by atoms with Crippen LogP contribution in [-0.4, -0.2) is 37.2 Å². The molecule has 0 radical (unpaired) electrons. The predicted molar refractivity (Wildman–Crippen MR) is 293 cm³/mol. The summed E-state index contributed by atoms with van der Waals surface area (Å²) < 4.78 is 16.8. The fraction of sp³-hybridized carbons (Fsp3) is 0.758. The first kappa shape index (κ1) is 64.8. The molecule has 0 aliphatic rings. The van der Waals surface area contributed by atoms with Crippen molar-refractivity contribution in [3.05, 3.63) is 72.9 Å². The van der Waals surface area contributed by atoms with Crippen LogP contribution in [0.5, 0.6) is 0 Å². The lowest BCUT2D eigenvalue weighted by Crippen LogP contribution is -2.30. The van der Waals surface area contributed by atoms with Crippen molar-refractivity contribution < 1.29 is 28.6 Å². The summed E-state index contributed by atoms with van der Waals surface area (Å²) in [6.45, 7) is 6.58. The van der Waals surface area contributed by atoms with Crippen molar-refractivity contribution >= 4 is 17.9 Å². The van der Waals surface area contributed by atoms with Crippen molar-refractivity contribution in [1.82, 2.24) is 0 Å². The van der Waals surface area contributed by atoms with E-state index in [0.717, 1.165) is 103 Å². The van der Waals surface area contributed by atoms with Gasteiger partial charge in [0.05, 0.1) is 0 Å². The van der Waals surface area contributed by atoms with Crippen molar-refractivity contribution in [2.45, 2.75) is 290 Å². The molecule has 0 saturated heterocycles. The van der Waals surface area contributed by atoms with Gasteiger partial charge in [-0.25, -0.2) is 0 Å². The number of allylic oxidation sites excluding steroid dienone is 12. The van der Waals surface area contributed by atoms with Gasteiger partial charge in [-0.2, -0.15) is 0 Å². The minimum atomic E-state index is -0.807. The molecule has 0 bridgehead atoms. The second kappa shape index (κ2) is 56.4. The van der Waals surface area contributed by atoms with Crippen LogP contribution in [0.1, 0.15) is 284 Å². The molecule has 0 aliphatic heterocycles. The summed E-state index contributed by atoms with van der Waals surface area (Å²) in [5.41, 5.74) is 0. The highest BCUT2D eigenvalue weighted by atomic mass is 16.6. The van der Waals surface area contributed by atoms with Gasteiger partial charge in [0.25, 0.3) is 0 Å². The summed E-state index contributed by atoms with van der Waals surface area (Å²) in [7, 11) is 0. The molecule has 392 valence electrons. The zero-order chi connectivity index (χ0) is 49.3. The number of hydrogen-bond donors (Lipinski definition) is 0. The van der Waals surface area contributed by atoms with Gasteiger partial charge in [0, 0.05) is 19.3 Å². The molecular weight excluding hydrogens is 841 g/mol. The Hall–Kier alpha value is -3.15. The summed E-state index contributed by atoms with van der Waals surface area (Å²) in [4.78, 5) is 38.1. The normalized spacial score (nSPS) is 12.6. The van der Waals surface area contributed by atoms with E-state index >= 15 is 0 Å². The quantitative estimate of drug-likeness (QED) is 0.0262. The maximum absolute atomic E-state index is 12.8. The molecule has 0 aromatic carbocycles. The van der Waals surface area contributed by atoms with Crippen molar-refractivity contribution in [3.8, 4) is 0 Å². The van der Waals surface area contributed by atoms with Crippen LogP contribution in [-0.2, 0) is 28.6 Å². The SMILES string of the molecule is CCCCCCCCC/C=C\C=C/CCCCCCCC(=O)OCC(COC(=O)CCCCC/C=C\C=C/CCCCCCCCC)OC(=O)CCCCC/C=C\C=C/CCCCCCCCC. The molecule has 0 fully saturated rings. The van der Waals surface area contributed by atoms with E-state index in [2.05, 4.69) is 93.7 Å². The molecule has 0 heterocycles. The smallest absolute Gasteiger partial charge is 0.306 e. The van der Waals surface area contributed by atoms with Crippen molar-refractivity contribution in [1.29, 1.82) is 0 Å². The molecule has 0 spiro atoms. The predicted octanol–water partition coefficient (Wildman–Crippen LogP) is 19.4. The first-order chi connectivity index (χ1) is 33.5. The van der Waals surface area contributed by atoms with Crippen LogP contribution < -0.4 is 0 Å². The standard InChI is InChI=1S/C62H108O6/c1-4-7-10-13-16-19-22-25-28-31-32-35-37-40-43-46-49-52-55-61(64)67-58-59(68-62(65)56-53-50-47-44-41-38-34-30-27-24-21-18-15-12-9-6-3)57-66-60(63)54-51-48-45-42-39-36-33-29-26-23-20-17-14-11-8-5-2/h28-36,38-39,41,59H,4-27,37,40,42-58H2,1-3H3/b31-28-,33-29-,34-30-,35-32-,39-36-,41-38-. The topological polar surface area (TPSA) is 78.9 Å². The lowest BCUT2D eigenvalue weighted by molar-refractivity contribution is -0.167. The fourth-order valence-electron chi connectivity index (χ4n) is 8.06. The fourth-order valence-corrected chi connectivity index (χ4v) is 8.06. The molecule has 6 nitrogen and oxygen atoms in total. The van der Waals surface area contributed by atoms with Gasteiger partial charge in [-0.15, -0.1) is 0 Å². The summed E-state index contributed by atoms with van der Waals surface area (Å²) in [6, 6.07) is 0. The second-order valence-electron chi connectivity index (χ2n) is 19.3. The number of carbonyl (C=O) groups excluding carboxylic acids is 3. The maximum Gasteiger partial charge on any atom is 0.306 e. The van der Waals surface area contributed by atoms with Gasteiger partial charge in [-0.05, 0) is 96.3 Å². The average Bonchev–Trinajstić information content (AvgIpc) is 3.34. The first-order valence-electron chi connectivity index (χ1n) is 29.0. The molecule has 68 heavy (non-hydrogen) atoms. The van der Waals surface area contributed by atoms with Crippen molar-refractivity contribution in [2.24, 2.45) is 0 Å². The number of carbonyl (C=O) groups is 3. The van der Waals surface area contributed by atoms with Crippen LogP contribution in [0.15, 0.2) is 72.9 Å². The first-order valence-corrected chi connectivity index (χ1v) is 29.0. The minimum absolute atomic E-state index is 0.102. The van der Waals surface area contributed by atoms with Gasteiger partial charge in [-0.1, -0.05) is 241 Å². The van der Waals surface area contributed by atoms with E-state index in [0.29, 0.717) is 12.8 Å². The molecule has 0 aromatic heterocycles. The van der Waals surface area contributed by atoms with E-state index in [-0.39, 0.29) is 37.5 Å². The van der Waals surface area contributed by atoms with Crippen molar-refractivity contribution in [2.75, 3.05) is 13.2 Å². The third-order valence-corrected chi connectivity index (χ3v) is 12.5. The minimum Gasteiger partial charge on any atom is -0.462 e. The summed E-state index contributed by atoms with van der Waals surface area (Å²) >= 11 is 0. The number of hydrogen-bond acceptors (Lipinski definition) is 6. The Morgan fingerprint density at radius 2 is 0.515 bits per heavy atom. The van der Waals surface area contributed by atoms with Crippen LogP contribution in [0.25, 0.3) is 0 Å². The van der Waals surface area contributed by atoms with Gasteiger partial charge >= 0.3 is 17.9 Å². The molecule has 0 rings (SSSR count). The molecule has 6 heteroatoms. The molecule has 0 amide bonds. The third-order valence-electron chi connectivity index (χ3n) is 12.5. The number of rotatable bonds is 52. The van der Waals surface area contributed by atoms with Crippen LogP contribution in [0.3, 0.4) is 0 Å². The Bertz CT molecular complexity index is 1270. The monoisotopic (exact) mass is 949 g/mol. The van der Waals surface area contributed by atoms with E-state index < -0.39 is 6.10 Å². The maximum atomic E-state index is 12.8. The number of ether oxygens (including phenoxy) is 3. The lowest BCUT2D eigenvalue weighted by atomic mass is 10.1. The molecule has 0 aromatic rings. The highest BCUT2D eigenvalue weighted by Crippen LogP contribution is 2.14. The van der Waals surface area contributed by atoms with E-state index in [4.69, 9.17) is 14.2 Å². The highest BCUT2D eigenvalue weighted by molar-refractivity contribution is 5.71. The van der Waals surface area contributed by atoms with E-state index in [9.17, 15) is 14.4 Å². The van der Waals surface area contributed by atoms with Crippen LogP contribution in [0.2, 0.25) is 0 Å². The average molecular weight is 950 g/mol. The van der Waals surface area contributed by atoms with Crippen LogP contribution >= 0.6 is 0 Å². The molecule has 1 atom stereocenters. The summed E-state index contributed by atoms with van der Waals surface area (Å²) in [5.74, 6) is -0.962. The van der Waals surface area contributed by atoms with Crippen LogP contribution in [0, 0.1) is 0 Å².